The van der Waals surface area contributed by atoms with E-state index >= 15 is 0 Å². The highest BCUT2D eigenvalue weighted by Crippen LogP contribution is 2.35. The lowest BCUT2D eigenvalue weighted by Crippen LogP contribution is -2.33. The van der Waals surface area contributed by atoms with E-state index in [1.54, 1.807) is 13.1 Å². The number of hydrogen-bond donors (Lipinski definition) is 3. The topological polar surface area (TPSA) is 170 Å². The summed E-state index contributed by atoms with van der Waals surface area (Å²) in [5.74, 6) is 0. The second-order valence-electron chi connectivity index (χ2n) is 7.15. The lowest BCUT2D eigenvalue weighted by atomic mass is 10.1. The molecule has 1 fully saturated rings. The van der Waals surface area contributed by atoms with Gasteiger partial charge in [-0.1, -0.05) is 5.21 Å². The average Bonchev–Trinajstić information content (AvgIpc) is 3.35. The van der Waals surface area contributed by atoms with E-state index in [1.165, 1.54) is 26.2 Å². The Morgan fingerprint density at radius 1 is 1.16 bits per heavy atom. The van der Waals surface area contributed by atoms with Crippen LogP contribution in [0.5, 0.6) is 0 Å². The molecule has 14 heteroatoms. The highest BCUT2D eigenvalue weighted by atomic mass is 79.9. The van der Waals surface area contributed by atoms with Crippen molar-refractivity contribution in [2.75, 3.05) is 6.61 Å². The van der Waals surface area contributed by atoms with E-state index in [4.69, 9.17) is 4.74 Å². The zero-order chi connectivity index (χ0) is 22.3. The molecule has 3 aromatic heterocycles. The number of aromatic nitrogens is 7. The van der Waals surface area contributed by atoms with E-state index in [2.05, 4.69) is 36.2 Å². The molecule has 4 rings (SSSR count). The van der Waals surface area contributed by atoms with Crippen LogP contribution in [0.2, 0.25) is 0 Å². The van der Waals surface area contributed by atoms with Crippen molar-refractivity contribution in [3.8, 4) is 0 Å². The van der Waals surface area contributed by atoms with Crippen LogP contribution in [0.1, 0.15) is 29.9 Å². The Balaban J connectivity index is 1.58. The molecule has 0 bridgehead atoms. The normalized spacial score (nSPS) is 20.9. The number of nitrogens with one attached hydrogen (secondary N) is 2. The van der Waals surface area contributed by atoms with E-state index in [9.17, 15) is 24.3 Å². The first-order chi connectivity index (χ1) is 14.8. The van der Waals surface area contributed by atoms with E-state index in [1.807, 2.05) is 0 Å². The minimum absolute atomic E-state index is 0.0631. The average molecular weight is 496 g/mol. The van der Waals surface area contributed by atoms with Crippen molar-refractivity contribution in [1.82, 2.24) is 34.1 Å². The number of hydrogen-bond acceptors (Lipinski definition) is 8. The molecule has 3 aromatic rings. The monoisotopic (exact) mass is 495 g/mol. The van der Waals surface area contributed by atoms with Gasteiger partial charge in [-0.05, 0) is 22.9 Å². The lowest BCUT2D eigenvalue weighted by molar-refractivity contribution is -0.0323. The van der Waals surface area contributed by atoms with Gasteiger partial charge in [0.2, 0.25) is 0 Å². The number of H-pyrrole nitrogens is 2. The van der Waals surface area contributed by atoms with Crippen molar-refractivity contribution in [2.45, 2.75) is 38.3 Å². The first kappa shape index (κ1) is 21.1. The summed E-state index contributed by atoms with van der Waals surface area (Å²) in [5.41, 5.74) is -1.41. The Morgan fingerprint density at radius 2 is 1.90 bits per heavy atom. The van der Waals surface area contributed by atoms with Crippen molar-refractivity contribution in [3.63, 3.8) is 0 Å². The summed E-state index contributed by atoms with van der Waals surface area (Å²) in [6.07, 6.45) is 3.29. The summed E-state index contributed by atoms with van der Waals surface area (Å²) in [5, 5.41) is 17.9. The van der Waals surface area contributed by atoms with Crippen LogP contribution < -0.4 is 22.5 Å². The van der Waals surface area contributed by atoms with Crippen LogP contribution >= 0.6 is 15.9 Å². The van der Waals surface area contributed by atoms with Gasteiger partial charge in [-0.25, -0.2) is 14.3 Å². The Hall–Kier alpha value is -3.10. The molecule has 0 aliphatic carbocycles. The van der Waals surface area contributed by atoms with Gasteiger partial charge in [-0.15, -0.1) is 5.10 Å². The molecule has 3 N–H and O–H groups in total. The van der Waals surface area contributed by atoms with Gasteiger partial charge in [-0.3, -0.25) is 28.7 Å². The highest BCUT2D eigenvalue weighted by Gasteiger charge is 2.38. The maximum Gasteiger partial charge on any atom is 0.330 e. The number of rotatable bonds is 5. The fourth-order valence-corrected chi connectivity index (χ4v) is 3.80. The molecule has 0 saturated carbocycles. The van der Waals surface area contributed by atoms with Crippen LogP contribution in [0.15, 0.2) is 42.2 Å². The van der Waals surface area contributed by atoms with Crippen LogP contribution in [0.3, 0.4) is 0 Å². The van der Waals surface area contributed by atoms with Gasteiger partial charge in [0.1, 0.15) is 18.0 Å². The molecule has 164 valence electrons. The summed E-state index contributed by atoms with van der Waals surface area (Å²) in [7, 11) is 0. The second-order valence-corrected chi connectivity index (χ2v) is 8.00. The van der Waals surface area contributed by atoms with Crippen molar-refractivity contribution in [1.29, 1.82) is 0 Å². The maximum absolute atomic E-state index is 12.2. The summed E-state index contributed by atoms with van der Waals surface area (Å²) < 4.78 is 10.1. The third-order valence-electron chi connectivity index (χ3n) is 5.04. The summed E-state index contributed by atoms with van der Waals surface area (Å²) in [6.45, 7) is 1.32. The number of nitrogens with zero attached hydrogens (tertiary/aromatic N) is 5. The lowest BCUT2D eigenvalue weighted by Gasteiger charge is -2.15. The predicted octanol–water partition coefficient (Wildman–Crippen LogP) is -1.38. The van der Waals surface area contributed by atoms with Gasteiger partial charge in [0, 0.05) is 24.4 Å². The van der Waals surface area contributed by atoms with Crippen LogP contribution in [-0.2, 0) is 11.3 Å². The third kappa shape index (κ3) is 4.08. The number of aryl methyl sites for hydroxylation is 1. The van der Waals surface area contributed by atoms with Crippen molar-refractivity contribution < 1.29 is 9.84 Å². The zero-order valence-corrected chi connectivity index (χ0v) is 17.8. The summed E-state index contributed by atoms with van der Waals surface area (Å²) in [6, 6.07) is -0.436. The Kier molecular flexibility index (Phi) is 5.60. The molecule has 0 aromatic carbocycles. The number of ether oxygens (including phenoxy) is 1. The number of aliphatic hydroxyl groups is 1. The van der Waals surface area contributed by atoms with Crippen LogP contribution in [0.25, 0.3) is 0 Å². The largest absolute Gasteiger partial charge is 0.394 e. The molecule has 1 saturated heterocycles. The van der Waals surface area contributed by atoms with E-state index in [0.29, 0.717) is 17.7 Å². The van der Waals surface area contributed by atoms with Crippen LogP contribution in [0, 0.1) is 6.92 Å². The van der Waals surface area contributed by atoms with E-state index in [-0.39, 0.29) is 17.6 Å². The fraction of sp³-hybridized carbons (Fsp3) is 0.412. The van der Waals surface area contributed by atoms with Gasteiger partial charge >= 0.3 is 11.4 Å². The predicted molar refractivity (Wildman–Crippen MR) is 109 cm³/mol. The minimum atomic E-state index is -0.712. The number of aliphatic hydroxyl groups excluding tert-OH is 1. The Morgan fingerprint density at radius 3 is 2.65 bits per heavy atom. The molecule has 1 aliphatic rings. The molecule has 1 aliphatic heterocycles. The third-order valence-corrected chi connectivity index (χ3v) is 5.60. The van der Waals surface area contributed by atoms with Crippen molar-refractivity contribution in [3.05, 3.63) is 76.0 Å². The highest BCUT2D eigenvalue weighted by molar-refractivity contribution is 9.10. The van der Waals surface area contributed by atoms with Crippen molar-refractivity contribution in [2.24, 2.45) is 0 Å². The molecule has 0 radical (unpaired) electrons. The molecule has 0 spiro atoms. The number of halogens is 1. The smallest absolute Gasteiger partial charge is 0.330 e. The van der Waals surface area contributed by atoms with Crippen LogP contribution in [-0.4, -0.2) is 51.9 Å². The Bertz CT molecular complexity index is 1350. The quantitative estimate of drug-likeness (QED) is 0.388. The molecule has 0 unspecified atom stereocenters. The van der Waals surface area contributed by atoms with E-state index < -0.39 is 40.9 Å². The van der Waals surface area contributed by atoms with Gasteiger partial charge < -0.3 is 9.84 Å². The van der Waals surface area contributed by atoms with Crippen molar-refractivity contribution >= 4 is 15.9 Å². The fourth-order valence-electron chi connectivity index (χ4n) is 3.45. The Labute approximate surface area is 181 Å². The molecular formula is C17H18BrN7O6. The first-order valence-electron chi connectivity index (χ1n) is 9.25. The van der Waals surface area contributed by atoms with Crippen LogP contribution in [0.4, 0.5) is 0 Å². The maximum atomic E-state index is 12.2. The molecule has 13 nitrogen and oxygen atoms in total. The minimum Gasteiger partial charge on any atom is -0.394 e. The number of aromatic amines is 2. The first-order valence-corrected chi connectivity index (χ1v) is 10.0. The molecule has 3 atom stereocenters. The molecule has 4 heterocycles. The van der Waals surface area contributed by atoms with Gasteiger partial charge in [0.05, 0.1) is 29.9 Å². The second kappa shape index (κ2) is 8.20. The molecule has 0 amide bonds. The summed E-state index contributed by atoms with van der Waals surface area (Å²) >= 11 is 3.07. The van der Waals surface area contributed by atoms with Gasteiger partial charge in [0.25, 0.3) is 11.1 Å². The van der Waals surface area contributed by atoms with E-state index in [0.717, 1.165) is 0 Å². The van der Waals surface area contributed by atoms with Gasteiger partial charge in [0.15, 0.2) is 0 Å². The molecular weight excluding hydrogens is 478 g/mol. The SMILES string of the molecule is Cc1cn([C@H]2C[C@H](n3cc(Cn4cc(Br)c(=O)[nH]c4=O)nn3)[C@@H](CO)O2)c(=O)[nH]c1=O. The standard InChI is InChI=1S/C17H18BrN7O6/c1-8-3-24(17(30)19-14(8)27)13-2-11(12(7-26)31-13)25-5-9(21-22-25)4-23-6-10(18)15(28)20-16(23)29/h3,5-6,11-13,26H,2,4,7H2,1H3,(H,19,27,30)(H,20,28,29)/t11-,12+,13+/m0/s1. The molecule has 31 heavy (non-hydrogen) atoms. The van der Waals surface area contributed by atoms with Gasteiger partial charge in [-0.2, -0.15) is 0 Å². The summed E-state index contributed by atoms with van der Waals surface area (Å²) in [4.78, 5) is 51.6. The zero-order valence-electron chi connectivity index (χ0n) is 16.2.